The number of anilines is 1. The van der Waals surface area contributed by atoms with E-state index < -0.39 is 0 Å². The first-order valence-corrected chi connectivity index (χ1v) is 6.61. The standard InChI is InChI=1S/C15H25NO/c1-4-10-15(12-17,11-5-2)16-14-8-6-13(3)7-9-14/h6-9,16-17H,4-5,10-12H2,1-3H3. The topological polar surface area (TPSA) is 32.3 Å². The first-order chi connectivity index (χ1) is 8.15. The highest BCUT2D eigenvalue weighted by Crippen LogP contribution is 2.25. The SMILES string of the molecule is CCCC(CO)(CCC)Nc1ccc(C)cc1. The fourth-order valence-corrected chi connectivity index (χ4v) is 2.35. The fourth-order valence-electron chi connectivity index (χ4n) is 2.35. The highest BCUT2D eigenvalue weighted by atomic mass is 16.3. The van der Waals surface area contributed by atoms with Gasteiger partial charge in [0.2, 0.25) is 0 Å². The van der Waals surface area contributed by atoms with Crippen molar-refractivity contribution in [2.24, 2.45) is 0 Å². The summed E-state index contributed by atoms with van der Waals surface area (Å²) in [5.74, 6) is 0. The van der Waals surface area contributed by atoms with E-state index in [0.717, 1.165) is 31.4 Å². The molecule has 0 aromatic heterocycles. The van der Waals surface area contributed by atoms with Gasteiger partial charge < -0.3 is 10.4 Å². The van der Waals surface area contributed by atoms with Crippen LogP contribution in [0.5, 0.6) is 0 Å². The van der Waals surface area contributed by atoms with E-state index in [1.807, 2.05) is 0 Å². The zero-order valence-electron chi connectivity index (χ0n) is 11.3. The smallest absolute Gasteiger partial charge is 0.0661 e. The number of hydrogen-bond donors (Lipinski definition) is 2. The van der Waals surface area contributed by atoms with Gasteiger partial charge in [0, 0.05) is 5.69 Å². The molecule has 2 N–H and O–H groups in total. The van der Waals surface area contributed by atoms with Crippen LogP contribution in [0.1, 0.15) is 45.1 Å². The maximum Gasteiger partial charge on any atom is 0.0661 e. The number of nitrogens with one attached hydrogen (secondary N) is 1. The van der Waals surface area contributed by atoms with Crippen molar-refractivity contribution >= 4 is 5.69 Å². The molecule has 0 aliphatic rings. The molecule has 1 aromatic rings. The van der Waals surface area contributed by atoms with E-state index in [4.69, 9.17) is 0 Å². The summed E-state index contributed by atoms with van der Waals surface area (Å²) in [5, 5.41) is 13.2. The van der Waals surface area contributed by atoms with Gasteiger partial charge in [0.05, 0.1) is 12.1 Å². The van der Waals surface area contributed by atoms with Gasteiger partial charge in [-0.05, 0) is 31.9 Å². The molecule has 0 aliphatic carbocycles. The van der Waals surface area contributed by atoms with E-state index in [-0.39, 0.29) is 12.1 Å². The fraction of sp³-hybridized carbons (Fsp3) is 0.600. The maximum absolute atomic E-state index is 9.69. The van der Waals surface area contributed by atoms with Gasteiger partial charge in [-0.15, -0.1) is 0 Å². The number of aliphatic hydroxyl groups excluding tert-OH is 1. The van der Waals surface area contributed by atoms with Crippen molar-refractivity contribution in [1.29, 1.82) is 0 Å². The summed E-state index contributed by atoms with van der Waals surface area (Å²) in [6.45, 7) is 6.61. The Morgan fingerprint density at radius 1 is 1.06 bits per heavy atom. The Morgan fingerprint density at radius 3 is 2.00 bits per heavy atom. The van der Waals surface area contributed by atoms with Crippen LogP contribution in [0.3, 0.4) is 0 Å². The molecule has 0 atom stereocenters. The molecule has 0 radical (unpaired) electrons. The van der Waals surface area contributed by atoms with Crippen LogP contribution in [-0.2, 0) is 0 Å². The van der Waals surface area contributed by atoms with E-state index in [9.17, 15) is 5.11 Å². The molecule has 0 amide bonds. The van der Waals surface area contributed by atoms with E-state index in [0.29, 0.717) is 0 Å². The second kappa shape index (κ2) is 6.65. The van der Waals surface area contributed by atoms with Crippen LogP contribution in [0.4, 0.5) is 5.69 Å². The Balaban J connectivity index is 2.80. The van der Waals surface area contributed by atoms with Gasteiger partial charge in [0.15, 0.2) is 0 Å². The Kier molecular flexibility index (Phi) is 5.49. The van der Waals surface area contributed by atoms with Gasteiger partial charge >= 0.3 is 0 Å². The molecule has 0 unspecified atom stereocenters. The van der Waals surface area contributed by atoms with Crippen LogP contribution < -0.4 is 5.32 Å². The van der Waals surface area contributed by atoms with Crippen LogP contribution in [0.25, 0.3) is 0 Å². The number of hydrogen-bond acceptors (Lipinski definition) is 2. The maximum atomic E-state index is 9.69. The highest BCUT2D eigenvalue weighted by molar-refractivity contribution is 5.46. The largest absolute Gasteiger partial charge is 0.394 e. The third-order valence-corrected chi connectivity index (χ3v) is 3.22. The third kappa shape index (κ3) is 4.04. The van der Waals surface area contributed by atoms with Crippen molar-refractivity contribution in [3.63, 3.8) is 0 Å². The van der Waals surface area contributed by atoms with Crippen molar-refractivity contribution in [2.45, 2.75) is 52.0 Å². The molecule has 0 fully saturated rings. The summed E-state index contributed by atoms with van der Waals surface area (Å²) in [6, 6.07) is 8.38. The second-order valence-electron chi connectivity index (χ2n) is 4.93. The van der Waals surface area contributed by atoms with Crippen LogP contribution in [0.2, 0.25) is 0 Å². The lowest BCUT2D eigenvalue weighted by molar-refractivity contribution is 0.192. The lowest BCUT2D eigenvalue weighted by Crippen LogP contribution is -2.42. The second-order valence-corrected chi connectivity index (χ2v) is 4.93. The van der Waals surface area contributed by atoms with Crippen LogP contribution in [-0.4, -0.2) is 17.3 Å². The first-order valence-electron chi connectivity index (χ1n) is 6.61. The van der Waals surface area contributed by atoms with E-state index >= 15 is 0 Å². The van der Waals surface area contributed by atoms with E-state index in [2.05, 4.69) is 50.4 Å². The number of aliphatic hydroxyl groups is 1. The predicted molar refractivity (Wildman–Crippen MR) is 74.4 cm³/mol. The molecule has 0 aliphatic heterocycles. The summed E-state index contributed by atoms with van der Waals surface area (Å²) >= 11 is 0. The quantitative estimate of drug-likeness (QED) is 0.754. The van der Waals surface area contributed by atoms with Crippen molar-refractivity contribution in [3.8, 4) is 0 Å². The summed E-state index contributed by atoms with van der Waals surface area (Å²) in [7, 11) is 0. The summed E-state index contributed by atoms with van der Waals surface area (Å²) in [6.07, 6.45) is 4.18. The average Bonchev–Trinajstić information content (AvgIpc) is 2.33. The number of rotatable bonds is 7. The molecule has 2 heteroatoms. The lowest BCUT2D eigenvalue weighted by atomic mass is 9.89. The average molecular weight is 235 g/mol. The molecule has 17 heavy (non-hydrogen) atoms. The number of benzene rings is 1. The van der Waals surface area contributed by atoms with E-state index in [1.54, 1.807) is 0 Å². The molecule has 1 aromatic carbocycles. The molecule has 0 bridgehead atoms. The van der Waals surface area contributed by atoms with Crippen molar-refractivity contribution < 1.29 is 5.11 Å². The molecule has 0 saturated carbocycles. The van der Waals surface area contributed by atoms with Gasteiger partial charge in [-0.25, -0.2) is 0 Å². The van der Waals surface area contributed by atoms with Gasteiger partial charge in [-0.2, -0.15) is 0 Å². The Hall–Kier alpha value is -1.02. The zero-order valence-corrected chi connectivity index (χ0v) is 11.3. The summed E-state index contributed by atoms with van der Waals surface area (Å²) < 4.78 is 0. The van der Waals surface area contributed by atoms with Crippen LogP contribution in [0, 0.1) is 6.92 Å². The van der Waals surface area contributed by atoms with Crippen molar-refractivity contribution in [1.82, 2.24) is 0 Å². The molecule has 2 nitrogen and oxygen atoms in total. The monoisotopic (exact) mass is 235 g/mol. The van der Waals surface area contributed by atoms with Gasteiger partial charge in [-0.3, -0.25) is 0 Å². The summed E-state index contributed by atoms with van der Waals surface area (Å²) in [5.41, 5.74) is 2.21. The molecule has 96 valence electrons. The zero-order chi connectivity index (χ0) is 12.7. The highest BCUT2D eigenvalue weighted by Gasteiger charge is 2.26. The molecular weight excluding hydrogens is 210 g/mol. The minimum atomic E-state index is -0.154. The van der Waals surface area contributed by atoms with E-state index in [1.165, 1.54) is 5.56 Å². The normalized spacial score (nSPS) is 11.5. The Bertz CT molecular complexity index is 312. The first kappa shape index (κ1) is 14.0. The molecule has 1 rings (SSSR count). The van der Waals surface area contributed by atoms with Crippen LogP contribution in [0.15, 0.2) is 24.3 Å². The van der Waals surface area contributed by atoms with Gasteiger partial charge in [0.25, 0.3) is 0 Å². The molecule has 0 heterocycles. The Morgan fingerprint density at radius 2 is 1.59 bits per heavy atom. The van der Waals surface area contributed by atoms with Crippen molar-refractivity contribution in [2.75, 3.05) is 11.9 Å². The minimum absolute atomic E-state index is 0.154. The Labute approximate surface area is 105 Å². The van der Waals surface area contributed by atoms with Gasteiger partial charge in [0.1, 0.15) is 0 Å². The molecule has 0 saturated heterocycles. The third-order valence-electron chi connectivity index (χ3n) is 3.22. The predicted octanol–water partition coefficient (Wildman–Crippen LogP) is 3.74. The lowest BCUT2D eigenvalue weighted by Gasteiger charge is -2.34. The van der Waals surface area contributed by atoms with Crippen LogP contribution >= 0.6 is 0 Å². The van der Waals surface area contributed by atoms with Gasteiger partial charge in [-0.1, -0.05) is 44.4 Å². The summed E-state index contributed by atoms with van der Waals surface area (Å²) in [4.78, 5) is 0. The number of aryl methyl sites for hydroxylation is 1. The minimum Gasteiger partial charge on any atom is -0.394 e. The molecule has 0 spiro atoms. The van der Waals surface area contributed by atoms with Crippen molar-refractivity contribution in [3.05, 3.63) is 29.8 Å². The molecular formula is C15H25NO.